The quantitative estimate of drug-likeness (QED) is 0.733. The van der Waals surface area contributed by atoms with Crippen LogP contribution >= 0.6 is 0 Å². The average Bonchev–Trinajstić information content (AvgIpc) is 3.13. The maximum atomic E-state index is 12.8. The smallest absolute Gasteiger partial charge is 0.225 e. The van der Waals surface area contributed by atoms with Crippen molar-refractivity contribution in [2.24, 2.45) is 5.92 Å². The van der Waals surface area contributed by atoms with Crippen LogP contribution < -0.4 is 4.90 Å². The number of likely N-dealkylation sites (tertiary alicyclic amines) is 1. The number of nitrogens with zero attached hydrogens (tertiary/aromatic N) is 4. The molecule has 0 aromatic carbocycles. The lowest BCUT2D eigenvalue weighted by atomic mass is 10.00. The van der Waals surface area contributed by atoms with Crippen molar-refractivity contribution < 1.29 is 17.9 Å². The van der Waals surface area contributed by atoms with E-state index >= 15 is 0 Å². The standard InChI is InChI=1S/C19H28N4O4S/c1-13(2)3-4-17(24)23-10-15-16(11-23)28(25,26)12-14-9-20-19(21-18(14)15)22-5-7-27-8-6-22/h9,13,15-16H,3-8,10-12H2,1-2H3/t15-,16+/m0/s1. The normalized spacial score (nSPS) is 26.2. The van der Waals surface area contributed by atoms with Crippen LogP contribution in [0.4, 0.5) is 5.95 Å². The highest BCUT2D eigenvalue weighted by Crippen LogP contribution is 2.39. The number of sulfone groups is 1. The Morgan fingerprint density at radius 2 is 2.04 bits per heavy atom. The highest BCUT2D eigenvalue weighted by atomic mass is 32.2. The third-order valence-electron chi connectivity index (χ3n) is 5.90. The Balaban J connectivity index is 1.60. The highest BCUT2D eigenvalue weighted by molar-refractivity contribution is 7.91. The first kappa shape index (κ1) is 19.6. The summed E-state index contributed by atoms with van der Waals surface area (Å²) in [6.07, 6.45) is 2.94. The average molecular weight is 409 g/mol. The minimum Gasteiger partial charge on any atom is -0.378 e. The lowest BCUT2D eigenvalue weighted by Gasteiger charge is -2.30. The summed E-state index contributed by atoms with van der Waals surface area (Å²) in [6.45, 7) is 7.60. The number of anilines is 1. The van der Waals surface area contributed by atoms with Crippen molar-refractivity contribution in [1.29, 1.82) is 0 Å². The molecular weight excluding hydrogens is 380 g/mol. The molecule has 9 heteroatoms. The fourth-order valence-corrected chi connectivity index (χ4v) is 6.25. The molecule has 1 aromatic rings. The molecule has 28 heavy (non-hydrogen) atoms. The molecule has 2 saturated heterocycles. The van der Waals surface area contributed by atoms with Gasteiger partial charge in [0, 0.05) is 50.3 Å². The van der Waals surface area contributed by atoms with Crippen LogP contribution in [0, 0.1) is 5.92 Å². The molecule has 0 bridgehead atoms. The monoisotopic (exact) mass is 408 g/mol. The first-order chi connectivity index (χ1) is 13.3. The van der Waals surface area contributed by atoms with E-state index in [9.17, 15) is 13.2 Å². The Morgan fingerprint density at radius 3 is 2.75 bits per heavy atom. The zero-order valence-corrected chi connectivity index (χ0v) is 17.3. The van der Waals surface area contributed by atoms with Crippen LogP contribution in [0.25, 0.3) is 0 Å². The Bertz CT molecular complexity index is 851. The molecule has 2 fully saturated rings. The molecular formula is C19H28N4O4S. The van der Waals surface area contributed by atoms with E-state index in [-0.39, 0.29) is 24.1 Å². The van der Waals surface area contributed by atoms with E-state index < -0.39 is 15.1 Å². The number of carbonyl (C=O) groups is 1. The number of fused-ring (bicyclic) bond motifs is 3. The van der Waals surface area contributed by atoms with E-state index in [4.69, 9.17) is 9.72 Å². The van der Waals surface area contributed by atoms with Crippen LogP contribution in [0.1, 0.15) is 43.9 Å². The Morgan fingerprint density at radius 1 is 1.29 bits per heavy atom. The Kier molecular flexibility index (Phi) is 5.30. The second-order valence-electron chi connectivity index (χ2n) is 8.36. The number of hydrogen-bond donors (Lipinski definition) is 0. The predicted molar refractivity (Wildman–Crippen MR) is 105 cm³/mol. The summed E-state index contributed by atoms with van der Waals surface area (Å²) in [6, 6.07) is 0. The Hall–Kier alpha value is -1.74. The number of aromatic nitrogens is 2. The first-order valence-corrected chi connectivity index (χ1v) is 11.7. The molecule has 0 unspecified atom stereocenters. The molecule has 0 spiro atoms. The molecule has 0 radical (unpaired) electrons. The molecule has 0 saturated carbocycles. The zero-order valence-electron chi connectivity index (χ0n) is 16.5. The van der Waals surface area contributed by atoms with E-state index in [1.807, 2.05) is 0 Å². The number of hydrogen-bond acceptors (Lipinski definition) is 7. The van der Waals surface area contributed by atoms with Crippen LogP contribution in [0.5, 0.6) is 0 Å². The number of morpholine rings is 1. The molecule has 1 amide bonds. The van der Waals surface area contributed by atoms with Crippen molar-refractivity contribution in [1.82, 2.24) is 14.9 Å². The highest BCUT2D eigenvalue weighted by Gasteiger charge is 2.48. The summed E-state index contributed by atoms with van der Waals surface area (Å²) in [5.41, 5.74) is 1.48. The van der Waals surface area contributed by atoms with Crippen LogP contribution in [0.3, 0.4) is 0 Å². The van der Waals surface area contributed by atoms with Crippen molar-refractivity contribution in [3.8, 4) is 0 Å². The van der Waals surface area contributed by atoms with E-state index in [0.29, 0.717) is 43.6 Å². The maximum absolute atomic E-state index is 12.8. The second-order valence-corrected chi connectivity index (χ2v) is 10.6. The minimum atomic E-state index is -3.32. The van der Waals surface area contributed by atoms with Crippen molar-refractivity contribution >= 4 is 21.7 Å². The zero-order chi connectivity index (χ0) is 19.9. The van der Waals surface area contributed by atoms with Gasteiger partial charge in [-0.25, -0.2) is 18.4 Å². The van der Waals surface area contributed by atoms with Gasteiger partial charge < -0.3 is 14.5 Å². The van der Waals surface area contributed by atoms with Crippen LogP contribution in [0.15, 0.2) is 6.20 Å². The molecule has 2 atom stereocenters. The number of ether oxygens (including phenoxy) is 1. The van der Waals surface area contributed by atoms with Gasteiger partial charge in [0.1, 0.15) is 0 Å². The van der Waals surface area contributed by atoms with Gasteiger partial charge in [-0.15, -0.1) is 0 Å². The van der Waals surface area contributed by atoms with Crippen molar-refractivity contribution in [2.75, 3.05) is 44.3 Å². The number of carbonyl (C=O) groups excluding carboxylic acids is 1. The summed E-state index contributed by atoms with van der Waals surface area (Å²) >= 11 is 0. The molecule has 3 aliphatic rings. The van der Waals surface area contributed by atoms with Gasteiger partial charge in [0.2, 0.25) is 11.9 Å². The largest absolute Gasteiger partial charge is 0.378 e. The summed E-state index contributed by atoms with van der Waals surface area (Å²) in [5.74, 6) is 0.814. The summed E-state index contributed by atoms with van der Waals surface area (Å²) in [4.78, 5) is 25.6. The summed E-state index contributed by atoms with van der Waals surface area (Å²) < 4.78 is 31.0. The molecule has 0 N–H and O–H groups in total. The third-order valence-corrected chi connectivity index (χ3v) is 8.02. The van der Waals surface area contributed by atoms with Gasteiger partial charge in [0.25, 0.3) is 0 Å². The fraction of sp³-hybridized carbons (Fsp3) is 0.737. The van der Waals surface area contributed by atoms with Gasteiger partial charge in [-0.1, -0.05) is 13.8 Å². The van der Waals surface area contributed by atoms with Crippen LogP contribution in [-0.2, 0) is 25.1 Å². The van der Waals surface area contributed by atoms with Crippen molar-refractivity contribution in [3.05, 3.63) is 17.5 Å². The summed E-state index contributed by atoms with van der Waals surface area (Å²) in [7, 11) is -3.32. The topological polar surface area (TPSA) is 92.7 Å². The first-order valence-electron chi connectivity index (χ1n) is 10.0. The second kappa shape index (κ2) is 7.59. The lowest BCUT2D eigenvalue weighted by Crippen LogP contribution is -2.39. The molecule has 4 rings (SSSR count). The maximum Gasteiger partial charge on any atom is 0.225 e. The van der Waals surface area contributed by atoms with E-state index in [1.54, 1.807) is 11.1 Å². The third kappa shape index (κ3) is 3.74. The molecule has 3 aliphatic heterocycles. The molecule has 8 nitrogen and oxygen atoms in total. The van der Waals surface area contributed by atoms with E-state index in [2.05, 4.69) is 23.7 Å². The van der Waals surface area contributed by atoms with E-state index in [1.165, 1.54) is 0 Å². The van der Waals surface area contributed by atoms with Crippen LogP contribution in [-0.4, -0.2) is 73.8 Å². The van der Waals surface area contributed by atoms with Gasteiger partial charge in [0.15, 0.2) is 9.84 Å². The van der Waals surface area contributed by atoms with Gasteiger partial charge in [-0.3, -0.25) is 4.79 Å². The molecule has 0 aliphatic carbocycles. The lowest BCUT2D eigenvalue weighted by molar-refractivity contribution is -0.130. The van der Waals surface area contributed by atoms with Gasteiger partial charge >= 0.3 is 0 Å². The van der Waals surface area contributed by atoms with E-state index in [0.717, 1.165) is 25.2 Å². The van der Waals surface area contributed by atoms with Crippen molar-refractivity contribution in [2.45, 2.75) is 43.6 Å². The van der Waals surface area contributed by atoms with Gasteiger partial charge in [0.05, 0.1) is 29.9 Å². The molecule has 154 valence electrons. The van der Waals surface area contributed by atoms with Crippen molar-refractivity contribution in [3.63, 3.8) is 0 Å². The fourth-order valence-electron chi connectivity index (χ4n) is 4.26. The van der Waals surface area contributed by atoms with Crippen LogP contribution in [0.2, 0.25) is 0 Å². The molecule has 1 aromatic heterocycles. The SMILES string of the molecule is CC(C)CCC(=O)N1C[C@@H]2c3nc(N4CCOCC4)ncc3CS(=O)(=O)[C@@H]2C1. The minimum absolute atomic E-state index is 0.0408. The Labute approximate surface area is 166 Å². The predicted octanol–water partition coefficient (Wildman–Crippen LogP) is 0.972. The number of amides is 1. The number of rotatable bonds is 4. The molecule has 4 heterocycles. The van der Waals surface area contributed by atoms with Gasteiger partial charge in [-0.2, -0.15) is 0 Å². The van der Waals surface area contributed by atoms with Gasteiger partial charge in [-0.05, 0) is 12.3 Å². The summed E-state index contributed by atoms with van der Waals surface area (Å²) in [5, 5.41) is -0.560.